The number of benzene rings is 1. The molecular formula is C7H7N3S. The van der Waals surface area contributed by atoms with Crippen LogP contribution in [0.3, 0.4) is 0 Å². The van der Waals surface area contributed by atoms with E-state index in [1.54, 1.807) is 5.55 Å². The first-order valence-corrected chi connectivity index (χ1v) is 4.43. The van der Waals surface area contributed by atoms with Crippen LogP contribution in [-0.2, 0) is 10.7 Å². The molecule has 3 nitrogen and oxygen atoms in total. The van der Waals surface area contributed by atoms with Crippen LogP contribution in [0.4, 0.5) is 5.69 Å². The Labute approximate surface area is 67.0 Å². The van der Waals surface area contributed by atoms with Gasteiger partial charge in [-0.25, -0.2) is 10.8 Å². The van der Waals surface area contributed by atoms with Gasteiger partial charge in [-0.05, 0) is 22.8 Å². The first-order valence-electron chi connectivity index (χ1n) is 3.19. The number of hydrogen-bond donors (Lipinski definition) is 1. The Morgan fingerprint density at radius 2 is 2.18 bits per heavy atom. The molecule has 0 saturated carbocycles. The van der Waals surface area contributed by atoms with E-state index in [4.69, 9.17) is 5.84 Å². The molecule has 1 atom stereocenters. The minimum absolute atomic E-state index is 0.298. The number of rotatable bonds is 0. The van der Waals surface area contributed by atoms with Gasteiger partial charge in [0.2, 0.25) is 0 Å². The molecule has 1 aromatic carbocycles. The maximum Gasteiger partial charge on any atom is 0.0786 e. The Morgan fingerprint density at radius 3 is 3.00 bits per heavy atom. The molecule has 4 heteroatoms. The monoisotopic (exact) mass is 165 g/mol. The second-order valence-electron chi connectivity index (χ2n) is 2.12. The smallest absolute Gasteiger partial charge is 0.0786 e. The zero-order valence-electron chi connectivity index (χ0n) is 5.77. The zero-order valence-corrected chi connectivity index (χ0v) is 6.58. The van der Waals surface area contributed by atoms with Gasteiger partial charge in [-0.2, -0.15) is 4.47 Å². The van der Waals surface area contributed by atoms with Gasteiger partial charge in [0.15, 0.2) is 0 Å². The summed E-state index contributed by atoms with van der Waals surface area (Å²) in [5.74, 6) is 5.19. The van der Waals surface area contributed by atoms with E-state index in [2.05, 4.69) is 9.46 Å². The van der Waals surface area contributed by atoms with Crippen LogP contribution < -0.4 is 5.84 Å². The Balaban J connectivity index is 2.63. The van der Waals surface area contributed by atoms with Crippen molar-refractivity contribution in [1.82, 2.24) is 0 Å². The summed E-state index contributed by atoms with van der Waals surface area (Å²) >= 11 is 0. The molecule has 1 aliphatic rings. The maximum absolute atomic E-state index is 5.19. The highest BCUT2D eigenvalue weighted by Crippen LogP contribution is 2.27. The van der Waals surface area contributed by atoms with Gasteiger partial charge in [0.1, 0.15) is 0 Å². The molecule has 56 valence electrons. The van der Waals surface area contributed by atoms with E-state index >= 15 is 0 Å². The van der Waals surface area contributed by atoms with E-state index in [9.17, 15) is 0 Å². The number of nitrogens with two attached hydrogens (primary N) is 1. The minimum atomic E-state index is -0.298. The van der Waals surface area contributed by atoms with Crippen molar-refractivity contribution in [3.63, 3.8) is 0 Å². The minimum Gasteiger partial charge on any atom is -0.247 e. The number of fused-ring (bicyclic) bond motifs is 1. The second-order valence-corrected chi connectivity index (χ2v) is 3.61. The highest BCUT2D eigenvalue weighted by atomic mass is 32.2. The first kappa shape index (κ1) is 6.69. The van der Waals surface area contributed by atoms with Gasteiger partial charge in [-0.3, -0.25) is 0 Å². The normalized spacial score (nSPS) is 20.6. The summed E-state index contributed by atoms with van der Waals surface area (Å²) in [5.41, 5.74) is 2.77. The topological polar surface area (TPSA) is 50.7 Å². The molecule has 1 aliphatic heterocycles. The van der Waals surface area contributed by atoms with Gasteiger partial charge < -0.3 is 0 Å². The van der Waals surface area contributed by atoms with Crippen molar-refractivity contribution in [2.45, 2.75) is 4.90 Å². The third-order valence-electron chi connectivity index (χ3n) is 1.50. The molecule has 0 radical (unpaired) electrons. The molecule has 0 spiro atoms. The standard InChI is InChI=1S/C7H7N3S/c8-10-11-5-9-6-3-1-2-4-7(6)11/h1-5H,8H2. The Morgan fingerprint density at radius 1 is 1.36 bits per heavy atom. The maximum atomic E-state index is 5.19. The molecule has 0 fully saturated rings. The van der Waals surface area contributed by atoms with Crippen molar-refractivity contribution in [3.05, 3.63) is 24.3 Å². The summed E-state index contributed by atoms with van der Waals surface area (Å²) in [4.78, 5) is 5.29. The summed E-state index contributed by atoms with van der Waals surface area (Å²) in [6, 6.07) is 7.89. The van der Waals surface area contributed by atoms with E-state index in [1.807, 2.05) is 24.3 Å². The van der Waals surface area contributed by atoms with Crippen molar-refractivity contribution in [2.24, 2.45) is 15.3 Å². The number of nitrogens with zero attached hydrogens (tertiary/aromatic N) is 2. The fourth-order valence-electron chi connectivity index (χ4n) is 0.988. The van der Waals surface area contributed by atoms with Crippen LogP contribution in [0.25, 0.3) is 0 Å². The molecule has 1 unspecified atom stereocenters. The SMILES string of the molecule is NN=S1C=Nc2ccccc21. The Hall–Kier alpha value is -1.00. The lowest BCUT2D eigenvalue weighted by Crippen LogP contribution is -1.90. The molecule has 1 heterocycles. The van der Waals surface area contributed by atoms with Crippen LogP contribution in [0.1, 0.15) is 0 Å². The third kappa shape index (κ3) is 1.00. The molecule has 1 aromatic rings. The van der Waals surface area contributed by atoms with Crippen LogP contribution in [0.15, 0.2) is 38.6 Å². The molecule has 0 aromatic heterocycles. The van der Waals surface area contributed by atoms with Crippen LogP contribution in [0, 0.1) is 0 Å². The average Bonchev–Trinajstić information content (AvgIpc) is 2.47. The molecule has 0 bridgehead atoms. The van der Waals surface area contributed by atoms with E-state index in [-0.39, 0.29) is 10.7 Å². The molecule has 0 amide bonds. The molecule has 2 N–H and O–H groups in total. The van der Waals surface area contributed by atoms with E-state index < -0.39 is 0 Å². The van der Waals surface area contributed by atoms with Crippen LogP contribution in [0.5, 0.6) is 0 Å². The van der Waals surface area contributed by atoms with E-state index in [1.165, 1.54) is 0 Å². The van der Waals surface area contributed by atoms with Gasteiger partial charge in [0.25, 0.3) is 0 Å². The van der Waals surface area contributed by atoms with E-state index in [0.29, 0.717) is 0 Å². The van der Waals surface area contributed by atoms with E-state index in [0.717, 1.165) is 10.6 Å². The predicted octanol–water partition coefficient (Wildman–Crippen LogP) is 1.39. The van der Waals surface area contributed by atoms with Gasteiger partial charge >= 0.3 is 0 Å². The van der Waals surface area contributed by atoms with Crippen molar-refractivity contribution < 1.29 is 0 Å². The fraction of sp³-hybridized carbons (Fsp3) is 0. The summed E-state index contributed by atoms with van der Waals surface area (Å²) in [7, 11) is -0.298. The first-order chi connectivity index (χ1) is 5.42. The fourth-order valence-corrected chi connectivity index (χ4v) is 2.04. The van der Waals surface area contributed by atoms with Crippen molar-refractivity contribution in [2.75, 3.05) is 0 Å². The number of aliphatic imine (C=N–C) groups is 1. The molecule has 0 saturated heterocycles. The number of para-hydroxylation sites is 1. The summed E-state index contributed by atoms with van der Waals surface area (Å²) in [5, 5.41) is 0. The molecule has 2 rings (SSSR count). The highest BCUT2D eigenvalue weighted by molar-refractivity contribution is 8.01. The molecular weight excluding hydrogens is 158 g/mol. The van der Waals surface area contributed by atoms with Gasteiger partial charge in [-0.1, -0.05) is 12.1 Å². The van der Waals surface area contributed by atoms with Crippen LogP contribution in [0.2, 0.25) is 0 Å². The highest BCUT2D eigenvalue weighted by Gasteiger charge is 2.09. The Kier molecular flexibility index (Phi) is 1.56. The summed E-state index contributed by atoms with van der Waals surface area (Å²) in [6.07, 6.45) is 0. The lowest BCUT2D eigenvalue weighted by molar-refractivity contribution is 1.28. The molecule has 11 heavy (non-hydrogen) atoms. The lowest BCUT2D eigenvalue weighted by Gasteiger charge is -1.94. The van der Waals surface area contributed by atoms with Gasteiger partial charge in [0, 0.05) is 0 Å². The van der Waals surface area contributed by atoms with Crippen LogP contribution >= 0.6 is 0 Å². The third-order valence-corrected chi connectivity index (χ3v) is 2.82. The van der Waals surface area contributed by atoms with Crippen LogP contribution in [-0.4, -0.2) is 5.55 Å². The zero-order chi connectivity index (χ0) is 7.68. The predicted molar refractivity (Wildman–Crippen MR) is 46.8 cm³/mol. The van der Waals surface area contributed by atoms with Crippen molar-refractivity contribution in [3.8, 4) is 0 Å². The quantitative estimate of drug-likeness (QED) is 0.458. The lowest BCUT2D eigenvalue weighted by atomic mass is 10.3. The van der Waals surface area contributed by atoms with Crippen molar-refractivity contribution >= 4 is 21.9 Å². The average molecular weight is 165 g/mol. The number of hydrogen-bond acceptors (Lipinski definition) is 2. The second kappa shape index (κ2) is 2.56. The largest absolute Gasteiger partial charge is 0.247 e. The van der Waals surface area contributed by atoms with Gasteiger partial charge in [0.05, 0.1) is 16.1 Å². The van der Waals surface area contributed by atoms with Crippen molar-refractivity contribution in [1.29, 1.82) is 0 Å². The molecule has 0 aliphatic carbocycles. The Bertz CT molecular complexity index is 343. The van der Waals surface area contributed by atoms with Gasteiger partial charge in [-0.15, -0.1) is 0 Å². The summed E-state index contributed by atoms with van der Waals surface area (Å²) < 4.78 is 3.71. The summed E-state index contributed by atoms with van der Waals surface area (Å²) in [6.45, 7) is 0.